The highest BCUT2D eigenvalue weighted by atomic mass is 32.2. The zero-order chi connectivity index (χ0) is 9.30. The summed E-state index contributed by atoms with van der Waals surface area (Å²) in [5.41, 5.74) is 7.59. The van der Waals surface area contributed by atoms with Crippen LogP contribution in [0.2, 0.25) is 0 Å². The molecule has 12 heavy (non-hydrogen) atoms. The van der Waals surface area contributed by atoms with Crippen molar-refractivity contribution < 1.29 is 0 Å². The largest absolute Gasteiger partial charge is 0.395 e. The Kier molecular flexibility index (Phi) is 2.67. The number of thioether (sulfide) groups is 1. The summed E-state index contributed by atoms with van der Waals surface area (Å²) in [6, 6.07) is 0.378. The van der Waals surface area contributed by atoms with E-state index in [0.717, 1.165) is 16.4 Å². The lowest BCUT2D eigenvalue weighted by Gasteiger charge is -2.08. The molecular weight excluding hydrogens is 170 g/mol. The van der Waals surface area contributed by atoms with E-state index in [0.29, 0.717) is 6.04 Å². The van der Waals surface area contributed by atoms with Gasteiger partial charge in [-0.2, -0.15) is 5.10 Å². The van der Waals surface area contributed by atoms with Crippen molar-refractivity contribution >= 4 is 17.4 Å². The number of aromatic nitrogens is 2. The van der Waals surface area contributed by atoms with E-state index in [1.165, 1.54) is 0 Å². The van der Waals surface area contributed by atoms with E-state index in [1.54, 1.807) is 11.8 Å². The number of aryl methyl sites for hydroxylation is 1. The molecule has 0 amide bonds. The van der Waals surface area contributed by atoms with Gasteiger partial charge in [-0.1, -0.05) is 0 Å². The number of rotatable bonds is 2. The third-order valence-electron chi connectivity index (χ3n) is 1.77. The van der Waals surface area contributed by atoms with Crippen LogP contribution in [0, 0.1) is 6.92 Å². The van der Waals surface area contributed by atoms with Crippen molar-refractivity contribution in [3.8, 4) is 0 Å². The Labute approximate surface area is 77.3 Å². The number of nitrogens with zero attached hydrogens (tertiary/aromatic N) is 2. The van der Waals surface area contributed by atoms with Crippen molar-refractivity contribution in [1.29, 1.82) is 0 Å². The molecule has 0 saturated heterocycles. The molecule has 0 aliphatic rings. The number of hydrogen-bond acceptors (Lipinski definition) is 3. The van der Waals surface area contributed by atoms with Crippen LogP contribution in [-0.4, -0.2) is 16.0 Å². The van der Waals surface area contributed by atoms with Gasteiger partial charge in [0.05, 0.1) is 11.4 Å². The first-order valence-electron chi connectivity index (χ1n) is 3.96. The van der Waals surface area contributed by atoms with E-state index >= 15 is 0 Å². The number of nitrogens with two attached hydrogens (primary N) is 1. The Morgan fingerprint density at radius 1 is 1.50 bits per heavy atom. The molecular formula is C8H15N3S. The van der Waals surface area contributed by atoms with Crippen molar-refractivity contribution in [2.24, 2.45) is 0 Å². The van der Waals surface area contributed by atoms with Crippen molar-refractivity contribution in [3.63, 3.8) is 0 Å². The van der Waals surface area contributed by atoms with E-state index in [9.17, 15) is 0 Å². The van der Waals surface area contributed by atoms with Gasteiger partial charge in [0.1, 0.15) is 5.03 Å². The predicted molar refractivity (Wildman–Crippen MR) is 53.5 cm³/mol. The first kappa shape index (κ1) is 9.45. The van der Waals surface area contributed by atoms with Gasteiger partial charge in [-0.25, -0.2) is 0 Å². The van der Waals surface area contributed by atoms with Gasteiger partial charge in [-0.3, -0.25) is 4.68 Å². The fourth-order valence-corrected chi connectivity index (χ4v) is 1.90. The molecule has 0 atom stereocenters. The maximum Gasteiger partial charge on any atom is 0.117 e. The molecule has 68 valence electrons. The average molecular weight is 185 g/mol. The van der Waals surface area contributed by atoms with Gasteiger partial charge in [0, 0.05) is 6.04 Å². The predicted octanol–water partition coefficient (Wildman–Crippen LogP) is 2.08. The number of hydrogen-bond donors (Lipinski definition) is 1. The molecule has 0 spiro atoms. The summed E-state index contributed by atoms with van der Waals surface area (Å²) in [5, 5.41) is 5.42. The van der Waals surface area contributed by atoms with E-state index < -0.39 is 0 Å². The van der Waals surface area contributed by atoms with Crippen LogP contribution in [0.3, 0.4) is 0 Å². The summed E-state index contributed by atoms with van der Waals surface area (Å²) in [7, 11) is 0. The van der Waals surface area contributed by atoms with Crippen LogP contribution in [-0.2, 0) is 0 Å². The molecule has 0 aromatic carbocycles. The van der Waals surface area contributed by atoms with Gasteiger partial charge in [0.2, 0.25) is 0 Å². The highest BCUT2D eigenvalue weighted by Gasteiger charge is 2.12. The van der Waals surface area contributed by atoms with Gasteiger partial charge in [0.25, 0.3) is 0 Å². The summed E-state index contributed by atoms with van der Waals surface area (Å²) in [6.07, 6.45) is 2.02. The maximum absolute atomic E-state index is 5.85. The fraction of sp³-hybridized carbons (Fsp3) is 0.625. The van der Waals surface area contributed by atoms with Crippen molar-refractivity contribution in [2.75, 3.05) is 12.0 Å². The minimum Gasteiger partial charge on any atom is -0.395 e. The molecule has 1 rings (SSSR count). The van der Waals surface area contributed by atoms with Crippen LogP contribution in [0.15, 0.2) is 5.03 Å². The Balaban J connectivity index is 3.20. The van der Waals surface area contributed by atoms with Crippen LogP contribution >= 0.6 is 11.8 Å². The SMILES string of the molecule is CSc1c(N)c(C)nn1C(C)C. The second-order valence-corrected chi connectivity index (χ2v) is 3.84. The molecule has 0 radical (unpaired) electrons. The summed E-state index contributed by atoms with van der Waals surface area (Å²) in [4.78, 5) is 0. The molecule has 0 aliphatic heterocycles. The zero-order valence-electron chi connectivity index (χ0n) is 7.96. The van der Waals surface area contributed by atoms with Gasteiger partial charge in [0.15, 0.2) is 0 Å². The van der Waals surface area contributed by atoms with E-state index in [1.807, 2.05) is 17.9 Å². The molecule has 1 aromatic heterocycles. The van der Waals surface area contributed by atoms with E-state index in [4.69, 9.17) is 5.73 Å². The monoisotopic (exact) mass is 185 g/mol. The molecule has 1 heterocycles. The Hall–Kier alpha value is -0.640. The second kappa shape index (κ2) is 3.39. The minimum absolute atomic E-state index is 0.378. The van der Waals surface area contributed by atoms with Crippen molar-refractivity contribution in [3.05, 3.63) is 5.69 Å². The van der Waals surface area contributed by atoms with Crippen LogP contribution in [0.5, 0.6) is 0 Å². The second-order valence-electron chi connectivity index (χ2n) is 3.05. The minimum atomic E-state index is 0.378. The molecule has 1 aromatic rings. The Morgan fingerprint density at radius 3 is 2.42 bits per heavy atom. The highest BCUT2D eigenvalue weighted by molar-refractivity contribution is 7.98. The molecule has 2 N–H and O–H groups in total. The average Bonchev–Trinajstić information content (AvgIpc) is 2.29. The number of nitrogen functional groups attached to an aromatic ring is 1. The maximum atomic E-state index is 5.85. The molecule has 0 unspecified atom stereocenters. The van der Waals surface area contributed by atoms with Crippen molar-refractivity contribution in [1.82, 2.24) is 9.78 Å². The van der Waals surface area contributed by atoms with Crippen LogP contribution in [0.25, 0.3) is 0 Å². The Morgan fingerprint density at radius 2 is 2.08 bits per heavy atom. The summed E-state index contributed by atoms with van der Waals surface area (Å²) in [6.45, 7) is 6.14. The molecule has 0 aliphatic carbocycles. The van der Waals surface area contributed by atoms with E-state index in [-0.39, 0.29) is 0 Å². The normalized spacial score (nSPS) is 11.1. The molecule has 0 bridgehead atoms. The van der Waals surface area contributed by atoms with Gasteiger partial charge >= 0.3 is 0 Å². The molecule has 3 nitrogen and oxygen atoms in total. The van der Waals surface area contributed by atoms with Crippen molar-refractivity contribution in [2.45, 2.75) is 31.8 Å². The Bertz CT molecular complexity index is 278. The summed E-state index contributed by atoms with van der Waals surface area (Å²) < 4.78 is 1.97. The highest BCUT2D eigenvalue weighted by Crippen LogP contribution is 2.27. The number of anilines is 1. The standard InChI is InChI=1S/C8H15N3S/c1-5(2)11-8(12-4)7(9)6(3)10-11/h5H,9H2,1-4H3. The fourth-order valence-electron chi connectivity index (χ4n) is 1.09. The van der Waals surface area contributed by atoms with Gasteiger partial charge < -0.3 is 5.73 Å². The molecule has 0 saturated carbocycles. The topological polar surface area (TPSA) is 43.8 Å². The molecule has 0 fully saturated rings. The quantitative estimate of drug-likeness (QED) is 0.717. The van der Waals surface area contributed by atoms with Crippen LogP contribution in [0.1, 0.15) is 25.6 Å². The van der Waals surface area contributed by atoms with Crippen LogP contribution < -0.4 is 5.73 Å². The first-order valence-corrected chi connectivity index (χ1v) is 5.19. The smallest absolute Gasteiger partial charge is 0.117 e. The van der Waals surface area contributed by atoms with Gasteiger partial charge in [-0.15, -0.1) is 11.8 Å². The third kappa shape index (κ3) is 1.43. The van der Waals surface area contributed by atoms with Crippen LogP contribution in [0.4, 0.5) is 5.69 Å². The third-order valence-corrected chi connectivity index (χ3v) is 2.56. The molecule has 4 heteroatoms. The zero-order valence-corrected chi connectivity index (χ0v) is 8.77. The summed E-state index contributed by atoms with van der Waals surface area (Å²) in [5.74, 6) is 0. The first-order chi connectivity index (χ1) is 5.57. The van der Waals surface area contributed by atoms with E-state index in [2.05, 4.69) is 18.9 Å². The van der Waals surface area contributed by atoms with Gasteiger partial charge in [-0.05, 0) is 27.0 Å². The summed E-state index contributed by atoms with van der Waals surface area (Å²) >= 11 is 1.65. The lowest BCUT2D eigenvalue weighted by atomic mass is 10.4. The lowest BCUT2D eigenvalue weighted by molar-refractivity contribution is 0.491. The lowest BCUT2D eigenvalue weighted by Crippen LogP contribution is -2.04.